The van der Waals surface area contributed by atoms with E-state index in [4.69, 9.17) is 0 Å². The summed E-state index contributed by atoms with van der Waals surface area (Å²) in [5, 5.41) is 10.2. The maximum absolute atomic E-state index is 10.8. The summed E-state index contributed by atoms with van der Waals surface area (Å²) in [4.78, 5) is 20.9. The van der Waals surface area contributed by atoms with E-state index in [1.165, 1.54) is 5.57 Å². The van der Waals surface area contributed by atoms with Gasteiger partial charge in [-0.2, -0.15) is 0 Å². The normalized spacial score (nSPS) is 11.9. The van der Waals surface area contributed by atoms with Gasteiger partial charge in [-0.25, -0.2) is 0 Å². The van der Waals surface area contributed by atoms with E-state index in [1.54, 1.807) is 0 Å². The van der Waals surface area contributed by atoms with Crippen LogP contribution in [0, 0.1) is 5.92 Å². The second-order valence-corrected chi connectivity index (χ2v) is 4.57. The van der Waals surface area contributed by atoms with Gasteiger partial charge in [-0.15, -0.1) is 0 Å². The van der Waals surface area contributed by atoms with Crippen molar-refractivity contribution in [2.75, 3.05) is 0 Å². The summed E-state index contributed by atoms with van der Waals surface area (Å²) in [6.07, 6.45) is 5.99. The fourth-order valence-corrected chi connectivity index (χ4v) is 1.51. The number of Topliss-reactive ketones (excluding diaryl/α,β-unsaturated/α-hetero) is 1. The minimum atomic E-state index is -1.56. The second kappa shape index (κ2) is 8.08. The Kier molecular flexibility index (Phi) is 7.52. The van der Waals surface area contributed by atoms with Crippen LogP contribution >= 0.6 is 0 Å². The molecule has 0 heterocycles. The number of ketones is 1. The number of aliphatic carboxylic acids is 1. The van der Waals surface area contributed by atoms with Crippen molar-refractivity contribution in [3.63, 3.8) is 0 Å². The van der Waals surface area contributed by atoms with E-state index >= 15 is 0 Å². The molecule has 0 amide bonds. The van der Waals surface area contributed by atoms with Crippen molar-refractivity contribution in [1.82, 2.24) is 0 Å². The minimum absolute atomic E-state index is 0.106. The molecule has 0 rings (SSSR count). The molecule has 0 aromatic carbocycles. The van der Waals surface area contributed by atoms with E-state index in [-0.39, 0.29) is 6.42 Å². The lowest BCUT2D eigenvalue weighted by atomic mass is 9.97. The van der Waals surface area contributed by atoms with E-state index in [9.17, 15) is 14.7 Å². The molecule has 0 aromatic heterocycles. The number of hydrogen-bond acceptors (Lipinski definition) is 3. The van der Waals surface area contributed by atoms with Crippen molar-refractivity contribution >= 4 is 11.8 Å². The van der Waals surface area contributed by atoms with Crippen LogP contribution in [0.1, 0.15) is 52.9 Å². The Morgan fingerprint density at radius 2 is 1.88 bits per heavy atom. The predicted molar refractivity (Wildman–Crippen MR) is 61.7 cm³/mol. The van der Waals surface area contributed by atoms with E-state index < -0.39 is 11.8 Å². The number of rotatable bonds is 8. The van der Waals surface area contributed by atoms with Gasteiger partial charge in [-0.05, 0) is 39.0 Å². The van der Waals surface area contributed by atoms with Crippen LogP contribution in [-0.4, -0.2) is 11.8 Å². The molecule has 3 heteroatoms. The molecular formula is C13H21O3-. The van der Waals surface area contributed by atoms with Crippen molar-refractivity contribution in [1.29, 1.82) is 0 Å². The van der Waals surface area contributed by atoms with Crippen molar-refractivity contribution in [2.45, 2.75) is 52.9 Å². The van der Waals surface area contributed by atoms with Crippen molar-refractivity contribution in [3.8, 4) is 0 Å². The molecule has 0 radical (unpaired) electrons. The zero-order valence-electron chi connectivity index (χ0n) is 10.4. The molecule has 0 aliphatic heterocycles. The summed E-state index contributed by atoms with van der Waals surface area (Å²) in [5.41, 5.74) is 1.32. The molecule has 0 fully saturated rings. The highest BCUT2D eigenvalue weighted by Gasteiger charge is 2.05. The number of carboxylic acids is 1. The number of hydrogen-bond donors (Lipinski definition) is 0. The molecule has 0 saturated heterocycles. The SMILES string of the molecule is CC(C)=CCCC(C)CCCC(=O)C(=O)[O-]. The lowest BCUT2D eigenvalue weighted by molar-refractivity contribution is -0.300. The first-order valence-electron chi connectivity index (χ1n) is 5.81. The third-order valence-electron chi connectivity index (χ3n) is 2.54. The van der Waals surface area contributed by atoms with Gasteiger partial charge in [-0.3, -0.25) is 4.79 Å². The molecule has 16 heavy (non-hydrogen) atoms. The van der Waals surface area contributed by atoms with Gasteiger partial charge in [0.1, 0.15) is 5.97 Å². The molecule has 0 bridgehead atoms. The Morgan fingerprint density at radius 3 is 2.38 bits per heavy atom. The lowest BCUT2D eigenvalue weighted by Gasteiger charge is -2.09. The maximum atomic E-state index is 10.8. The summed E-state index contributed by atoms with van der Waals surface area (Å²) in [7, 11) is 0. The molecule has 0 N–H and O–H groups in total. The van der Waals surface area contributed by atoms with Gasteiger partial charge >= 0.3 is 0 Å². The van der Waals surface area contributed by atoms with Crippen molar-refractivity contribution < 1.29 is 14.7 Å². The average molecular weight is 225 g/mol. The quantitative estimate of drug-likeness (QED) is 0.468. The number of carboxylic acid groups (broad SMARTS) is 1. The monoisotopic (exact) mass is 225 g/mol. The summed E-state index contributed by atoms with van der Waals surface area (Å²) in [6, 6.07) is 0. The first kappa shape index (κ1) is 14.9. The van der Waals surface area contributed by atoms with Crippen LogP contribution < -0.4 is 5.11 Å². The van der Waals surface area contributed by atoms with E-state index in [0.717, 1.165) is 19.3 Å². The van der Waals surface area contributed by atoms with Gasteiger partial charge in [0, 0.05) is 6.42 Å². The van der Waals surface area contributed by atoms with Crippen LogP contribution in [0.3, 0.4) is 0 Å². The fraction of sp³-hybridized carbons (Fsp3) is 0.692. The average Bonchev–Trinajstić information content (AvgIpc) is 2.16. The molecule has 1 atom stereocenters. The summed E-state index contributed by atoms with van der Waals surface area (Å²) in [6.45, 7) is 6.27. The second-order valence-electron chi connectivity index (χ2n) is 4.57. The minimum Gasteiger partial charge on any atom is -0.542 e. The molecule has 0 aliphatic rings. The number of carbonyl (C=O) groups excluding carboxylic acids is 2. The molecule has 0 aliphatic carbocycles. The molecular weight excluding hydrogens is 204 g/mol. The van der Waals surface area contributed by atoms with Gasteiger partial charge in [0.15, 0.2) is 5.78 Å². The first-order chi connectivity index (χ1) is 7.43. The van der Waals surface area contributed by atoms with Gasteiger partial charge in [0.25, 0.3) is 0 Å². The Balaban J connectivity index is 3.58. The third kappa shape index (κ3) is 8.21. The number of carbonyl (C=O) groups is 2. The smallest absolute Gasteiger partial charge is 0.178 e. The summed E-state index contributed by atoms with van der Waals surface area (Å²) >= 11 is 0. The highest BCUT2D eigenvalue weighted by Crippen LogP contribution is 2.15. The molecule has 0 saturated carbocycles. The topological polar surface area (TPSA) is 57.2 Å². The van der Waals surface area contributed by atoms with Crippen LogP contribution in [-0.2, 0) is 9.59 Å². The lowest BCUT2D eigenvalue weighted by Crippen LogP contribution is -2.31. The Morgan fingerprint density at radius 1 is 1.25 bits per heavy atom. The van der Waals surface area contributed by atoms with Gasteiger partial charge in [0.05, 0.1) is 0 Å². The standard InChI is InChI=1S/C13H22O3/c1-10(2)6-4-7-11(3)8-5-9-12(14)13(15)16/h6,11H,4-5,7-9H2,1-3H3,(H,15,16)/p-1. The van der Waals surface area contributed by atoms with E-state index in [0.29, 0.717) is 12.3 Å². The Hall–Kier alpha value is -1.12. The largest absolute Gasteiger partial charge is 0.542 e. The molecule has 1 unspecified atom stereocenters. The summed E-state index contributed by atoms with van der Waals surface area (Å²) < 4.78 is 0. The van der Waals surface area contributed by atoms with Crippen LogP contribution in [0.25, 0.3) is 0 Å². The van der Waals surface area contributed by atoms with Crippen LogP contribution in [0.2, 0.25) is 0 Å². The molecule has 92 valence electrons. The summed E-state index contributed by atoms with van der Waals surface area (Å²) in [5.74, 6) is -1.81. The zero-order chi connectivity index (χ0) is 12.6. The van der Waals surface area contributed by atoms with Gasteiger partial charge in [-0.1, -0.05) is 25.0 Å². The van der Waals surface area contributed by atoms with E-state index in [1.807, 2.05) is 0 Å². The highest BCUT2D eigenvalue weighted by atomic mass is 16.4. The zero-order valence-corrected chi connectivity index (χ0v) is 10.4. The molecule has 3 nitrogen and oxygen atoms in total. The fourth-order valence-electron chi connectivity index (χ4n) is 1.51. The Labute approximate surface area is 97.5 Å². The van der Waals surface area contributed by atoms with Crippen LogP contribution in [0.5, 0.6) is 0 Å². The molecule has 0 spiro atoms. The maximum Gasteiger partial charge on any atom is 0.178 e. The third-order valence-corrected chi connectivity index (χ3v) is 2.54. The Bertz CT molecular complexity index is 262. The van der Waals surface area contributed by atoms with Gasteiger partial charge in [0.2, 0.25) is 0 Å². The number of allylic oxidation sites excluding steroid dienone is 2. The predicted octanol–water partition coefficient (Wildman–Crippen LogP) is 1.86. The van der Waals surface area contributed by atoms with Gasteiger partial charge < -0.3 is 9.90 Å². The van der Waals surface area contributed by atoms with Crippen molar-refractivity contribution in [3.05, 3.63) is 11.6 Å². The van der Waals surface area contributed by atoms with Crippen molar-refractivity contribution in [2.24, 2.45) is 5.92 Å². The molecule has 0 aromatic rings. The van der Waals surface area contributed by atoms with Crippen LogP contribution in [0.4, 0.5) is 0 Å². The highest BCUT2D eigenvalue weighted by molar-refractivity contribution is 6.31. The first-order valence-corrected chi connectivity index (χ1v) is 5.81. The van der Waals surface area contributed by atoms with E-state index in [2.05, 4.69) is 26.8 Å². The van der Waals surface area contributed by atoms with Crippen LogP contribution in [0.15, 0.2) is 11.6 Å².